The van der Waals surface area contributed by atoms with Crippen molar-refractivity contribution in [2.75, 3.05) is 13.2 Å². The Hall–Kier alpha value is -0.900. The van der Waals surface area contributed by atoms with E-state index < -0.39 is 0 Å². The highest BCUT2D eigenvalue weighted by atomic mass is 16.5. The zero-order valence-corrected chi connectivity index (χ0v) is 9.06. The summed E-state index contributed by atoms with van der Waals surface area (Å²) in [6.07, 6.45) is 1.90. The molecular formula is C12H20N2O. The molecule has 0 aliphatic heterocycles. The van der Waals surface area contributed by atoms with Gasteiger partial charge in [-0.25, -0.2) is 0 Å². The molecule has 0 aliphatic carbocycles. The van der Waals surface area contributed by atoms with Gasteiger partial charge in [0, 0.05) is 6.04 Å². The van der Waals surface area contributed by atoms with Crippen LogP contribution >= 0.6 is 0 Å². The van der Waals surface area contributed by atoms with Gasteiger partial charge in [0.2, 0.25) is 0 Å². The molecule has 0 aliphatic rings. The van der Waals surface area contributed by atoms with Crippen LogP contribution in [0, 0.1) is 0 Å². The summed E-state index contributed by atoms with van der Waals surface area (Å²) in [5.74, 6) is 0. The maximum absolute atomic E-state index is 5.84. The summed E-state index contributed by atoms with van der Waals surface area (Å²) >= 11 is 0. The summed E-state index contributed by atoms with van der Waals surface area (Å²) in [4.78, 5) is 0. The minimum Gasteiger partial charge on any atom is -0.375 e. The van der Waals surface area contributed by atoms with Gasteiger partial charge < -0.3 is 16.2 Å². The van der Waals surface area contributed by atoms with Gasteiger partial charge in [0.05, 0.1) is 13.2 Å². The average Bonchev–Trinajstić information content (AvgIpc) is 2.28. The summed E-state index contributed by atoms with van der Waals surface area (Å²) in [6, 6.07) is 10.2. The van der Waals surface area contributed by atoms with Crippen LogP contribution < -0.4 is 11.5 Å². The third-order valence-electron chi connectivity index (χ3n) is 2.22. The highest BCUT2D eigenvalue weighted by Crippen LogP contribution is 2.01. The molecule has 0 saturated heterocycles. The Balaban J connectivity index is 2.11. The first-order valence-corrected chi connectivity index (χ1v) is 5.40. The van der Waals surface area contributed by atoms with Crippen LogP contribution in [0.5, 0.6) is 0 Å². The molecule has 1 aromatic carbocycles. The molecule has 4 N–H and O–H groups in total. The van der Waals surface area contributed by atoms with Crippen LogP contribution in [0.3, 0.4) is 0 Å². The molecule has 1 rings (SSSR count). The first-order valence-electron chi connectivity index (χ1n) is 5.40. The lowest BCUT2D eigenvalue weighted by Gasteiger charge is -2.11. The molecule has 3 heteroatoms. The number of hydrogen-bond acceptors (Lipinski definition) is 3. The number of hydrogen-bond donors (Lipinski definition) is 2. The minimum absolute atomic E-state index is 0.109. The molecule has 1 unspecified atom stereocenters. The van der Waals surface area contributed by atoms with Gasteiger partial charge in [0.15, 0.2) is 0 Å². The zero-order chi connectivity index (χ0) is 10.9. The molecule has 15 heavy (non-hydrogen) atoms. The molecule has 0 radical (unpaired) electrons. The Morgan fingerprint density at radius 2 is 1.93 bits per heavy atom. The predicted octanol–water partition coefficient (Wildman–Crippen LogP) is 1.27. The average molecular weight is 208 g/mol. The Morgan fingerprint density at radius 1 is 1.20 bits per heavy atom. The lowest BCUT2D eigenvalue weighted by Crippen LogP contribution is -2.26. The molecule has 0 aromatic heterocycles. The predicted molar refractivity (Wildman–Crippen MR) is 62.4 cm³/mol. The lowest BCUT2D eigenvalue weighted by atomic mass is 10.2. The Labute approximate surface area is 91.4 Å². The van der Waals surface area contributed by atoms with E-state index in [2.05, 4.69) is 0 Å². The minimum atomic E-state index is 0.109. The fraction of sp³-hybridized carbons (Fsp3) is 0.500. The van der Waals surface area contributed by atoms with Crippen molar-refractivity contribution in [3.63, 3.8) is 0 Å². The van der Waals surface area contributed by atoms with Crippen molar-refractivity contribution in [2.45, 2.75) is 25.5 Å². The number of nitrogens with two attached hydrogens (primary N) is 2. The van der Waals surface area contributed by atoms with E-state index in [1.54, 1.807) is 0 Å². The second kappa shape index (κ2) is 7.40. The van der Waals surface area contributed by atoms with Gasteiger partial charge in [-0.15, -0.1) is 0 Å². The van der Waals surface area contributed by atoms with E-state index in [9.17, 15) is 0 Å². The summed E-state index contributed by atoms with van der Waals surface area (Å²) in [6.45, 7) is 1.94. The molecule has 0 spiro atoms. The van der Waals surface area contributed by atoms with Crippen molar-refractivity contribution < 1.29 is 4.74 Å². The van der Waals surface area contributed by atoms with E-state index in [1.165, 1.54) is 5.56 Å². The van der Waals surface area contributed by atoms with Gasteiger partial charge in [0.25, 0.3) is 0 Å². The van der Waals surface area contributed by atoms with E-state index in [0.717, 1.165) is 12.8 Å². The first kappa shape index (κ1) is 12.2. The monoisotopic (exact) mass is 208 g/mol. The van der Waals surface area contributed by atoms with Gasteiger partial charge in [-0.1, -0.05) is 30.3 Å². The second-order valence-corrected chi connectivity index (χ2v) is 3.69. The smallest absolute Gasteiger partial charge is 0.0717 e. The van der Waals surface area contributed by atoms with Gasteiger partial charge >= 0.3 is 0 Å². The third-order valence-corrected chi connectivity index (χ3v) is 2.22. The maximum atomic E-state index is 5.84. The fourth-order valence-corrected chi connectivity index (χ4v) is 1.37. The Morgan fingerprint density at radius 3 is 2.60 bits per heavy atom. The van der Waals surface area contributed by atoms with E-state index in [-0.39, 0.29) is 6.04 Å². The number of benzene rings is 1. The van der Waals surface area contributed by atoms with Gasteiger partial charge in [-0.3, -0.25) is 0 Å². The molecular weight excluding hydrogens is 188 g/mol. The highest BCUT2D eigenvalue weighted by molar-refractivity contribution is 5.13. The molecule has 0 fully saturated rings. The standard InChI is InChI=1S/C12H20N2O/c13-8-4-7-12(14)10-15-9-11-5-2-1-3-6-11/h1-3,5-6,12H,4,7-10,13-14H2. The van der Waals surface area contributed by atoms with Crippen LogP contribution in [0.25, 0.3) is 0 Å². The summed E-state index contributed by atoms with van der Waals surface area (Å²) in [7, 11) is 0. The molecule has 0 heterocycles. The lowest BCUT2D eigenvalue weighted by molar-refractivity contribution is 0.105. The van der Waals surface area contributed by atoms with Crippen LogP contribution in [-0.4, -0.2) is 19.2 Å². The van der Waals surface area contributed by atoms with Crippen molar-refractivity contribution in [1.82, 2.24) is 0 Å². The fourth-order valence-electron chi connectivity index (χ4n) is 1.37. The summed E-state index contributed by atoms with van der Waals surface area (Å²) < 4.78 is 5.51. The SMILES string of the molecule is NCCCC(N)COCc1ccccc1. The number of rotatable bonds is 7. The van der Waals surface area contributed by atoms with E-state index in [1.807, 2.05) is 30.3 Å². The van der Waals surface area contributed by atoms with Crippen molar-refractivity contribution >= 4 is 0 Å². The van der Waals surface area contributed by atoms with Crippen molar-refractivity contribution in [2.24, 2.45) is 11.5 Å². The van der Waals surface area contributed by atoms with Crippen LogP contribution in [-0.2, 0) is 11.3 Å². The van der Waals surface area contributed by atoms with Crippen molar-refractivity contribution in [1.29, 1.82) is 0 Å². The Kier molecular flexibility index (Phi) is 6.00. The number of ether oxygens (including phenoxy) is 1. The summed E-state index contributed by atoms with van der Waals surface area (Å²) in [5.41, 5.74) is 12.4. The normalized spacial score (nSPS) is 12.7. The van der Waals surface area contributed by atoms with Gasteiger partial charge in [0.1, 0.15) is 0 Å². The largest absolute Gasteiger partial charge is 0.375 e. The highest BCUT2D eigenvalue weighted by Gasteiger charge is 2.01. The third kappa shape index (κ3) is 5.52. The molecule has 0 amide bonds. The van der Waals surface area contributed by atoms with Crippen LogP contribution in [0.15, 0.2) is 30.3 Å². The Bertz CT molecular complexity index is 251. The first-order chi connectivity index (χ1) is 7.33. The van der Waals surface area contributed by atoms with Crippen molar-refractivity contribution in [3.8, 4) is 0 Å². The van der Waals surface area contributed by atoms with E-state index in [0.29, 0.717) is 19.8 Å². The van der Waals surface area contributed by atoms with Gasteiger partial charge in [-0.2, -0.15) is 0 Å². The van der Waals surface area contributed by atoms with Crippen LogP contribution in [0.2, 0.25) is 0 Å². The van der Waals surface area contributed by atoms with E-state index >= 15 is 0 Å². The molecule has 1 aromatic rings. The molecule has 3 nitrogen and oxygen atoms in total. The van der Waals surface area contributed by atoms with Crippen LogP contribution in [0.1, 0.15) is 18.4 Å². The summed E-state index contributed by atoms with van der Waals surface area (Å²) in [5, 5.41) is 0. The van der Waals surface area contributed by atoms with Crippen molar-refractivity contribution in [3.05, 3.63) is 35.9 Å². The maximum Gasteiger partial charge on any atom is 0.0717 e. The molecule has 0 saturated carbocycles. The van der Waals surface area contributed by atoms with Gasteiger partial charge in [-0.05, 0) is 24.9 Å². The van der Waals surface area contributed by atoms with Crippen LogP contribution in [0.4, 0.5) is 0 Å². The molecule has 1 atom stereocenters. The molecule has 84 valence electrons. The quantitative estimate of drug-likeness (QED) is 0.709. The molecule has 0 bridgehead atoms. The topological polar surface area (TPSA) is 61.3 Å². The second-order valence-electron chi connectivity index (χ2n) is 3.69. The zero-order valence-electron chi connectivity index (χ0n) is 9.06. The van der Waals surface area contributed by atoms with E-state index in [4.69, 9.17) is 16.2 Å².